The van der Waals surface area contributed by atoms with Crippen LogP contribution in [-0.4, -0.2) is 54.3 Å². The molecule has 0 aromatic carbocycles. The Labute approximate surface area is 183 Å². The number of pyridine rings is 1. The molecule has 1 fully saturated rings. The lowest BCUT2D eigenvalue weighted by Gasteiger charge is -2.36. The van der Waals surface area contributed by atoms with E-state index in [0.717, 1.165) is 22.2 Å². The number of rotatable bonds is 7. The van der Waals surface area contributed by atoms with Crippen LogP contribution in [0.15, 0.2) is 30.7 Å². The Hall–Kier alpha value is -3.14. The number of ether oxygens (including phenoxy) is 1. The minimum Gasteiger partial charge on any atom is -0.377 e. The van der Waals surface area contributed by atoms with Crippen molar-refractivity contribution in [3.63, 3.8) is 0 Å². The zero-order chi connectivity index (χ0) is 22.5. The molecule has 0 unspecified atom stereocenters. The van der Waals surface area contributed by atoms with Crippen molar-refractivity contribution in [2.75, 3.05) is 18.5 Å². The van der Waals surface area contributed by atoms with E-state index in [9.17, 15) is 8.78 Å². The van der Waals surface area contributed by atoms with Gasteiger partial charge in [-0.1, -0.05) is 0 Å². The minimum atomic E-state index is -2.60. The maximum Gasteiger partial charge on any atom is 0.252 e. The molecule has 4 heterocycles. The number of anilines is 1. The third-order valence-electron chi connectivity index (χ3n) is 5.72. The zero-order valence-corrected chi connectivity index (χ0v) is 18.2. The van der Waals surface area contributed by atoms with Crippen molar-refractivity contribution in [2.45, 2.75) is 51.7 Å². The van der Waals surface area contributed by atoms with Gasteiger partial charge < -0.3 is 14.6 Å². The van der Waals surface area contributed by atoms with Crippen LogP contribution in [-0.2, 0) is 4.74 Å². The number of halogens is 2. The van der Waals surface area contributed by atoms with E-state index < -0.39 is 5.92 Å². The Morgan fingerprint density at radius 3 is 2.78 bits per heavy atom. The number of nitrogens with one attached hydrogen (secondary N) is 1. The van der Waals surface area contributed by atoms with Crippen LogP contribution in [0.1, 0.15) is 38.6 Å². The summed E-state index contributed by atoms with van der Waals surface area (Å²) < 4.78 is 36.1. The minimum absolute atomic E-state index is 0.162. The van der Waals surface area contributed by atoms with E-state index in [1.165, 1.54) is 0 Å². The maximum atomic E-state index is 13.5. The van der Waals surface area contributed by atoms with Gasteiger partial charge in [-0.3, -0.25) is 0 Å². The first kappa shape index (κ1) is 20.7. The Morgan fingerprint density at radius 2 is 2.03 bits per heavy atom. The molecule has 0 amide bonds. The lowest BCUT2D eigenvalue weighted by atomic mass is 9.87. The number of nitrogens with zero attached hydrogens (tertiary/aromatic N) is 6. The predicted molar refractivity (Wildman–Crippen MR) is 117 cm³/mol. The van der Waals surface area contributed by atoms with Gasteiger partial charge in [-0.05, 0) is 32.9 Å². The molecular formula is C22H25F2N7O. The molecule has 0 atom stereocenters. The molecular weight excluding hydrogens is 416 g/mol. The first-order chi connectivity index (χ1) is 15.3. The van der Waals surface area contributed by atoms with Gasteiger partial charge in [0.25, 0.3) is 5.92 Å². The van der Waals surface area contributed by atoms with Crippen molar-refractivity contribution < 1.29 is 13.5 Å². The highest BCUT2D eigenvalue weighted by Crippen LogP contribution is 2.47. The number of imidazole rings is 1. The van der Waals surface area contributed by atoms with Crippen molar-refractivity contribution in [1.29, 1.82) is 0 Å². The molecule has 5 rings (SSSR count). The van der Waals surface area contributed by atoms with Crippen LogP contribution in [0.2, 0.25) is 0 Å². The van der Waals surface area contributed by atoms with Gasteiger partial charge in [0.1, 0.15) is 5.82 Å². The van der Waals surface area contributed by atoms with E-state index in [0.29, 0.717) is 30.6 Å². The van der Waals surface area contributed by atoms with E-state index in [1.54, 1.807) is 16.9 Å². The molecule has 1 N–H and O–H groups in total. The fourth-order valence-electron chi connectivity index (χ4n) is 4.19. The van der Waals surface area contributed by atoms with Crippen LogP contribution >= 0.6 is 0 Å². The quantitative estimate of drug-likeness (QED) is 0.432. The van der Waals surface area contributed by atoms with Crippen molar-refractivity contribution in [2.24, 2.45) is 0 Å². The summed E-state index contributed by atoms with van der Waals surface area (Å²) in [6.07, 6.45) is 5.22. The standard InChI is InChI=1S/C22H25F2N7O/c1-13(2)32-7-5-25-21-27-12-19-17(4-6-30(19)29-21)15-8-18-20(26-11-15)28-14(3)31(18)16-9-22(23,24)10-16/h4,6,8,11-13,16H,5,7,9-10H2,1-3H3,(H,25,29). The lowest BCUT2D eigenvalue weighted by molar-refractivity contribution is -0.103. The highest BCUT2D eigenvalue weighted by Gasteiger charge is 2.47. The van der Waals surface area contributed by atoms with Crippen LogP contribution in [0, 0.1) is 6.92 Å². The number of fused-ring (bicyclic) bond motifs is 2. The SMILES string of the molecule is Cc1nc2ncc(-c3ccn4nc(NCCOC(C)C)ncc34)cc2n1C1CC(F)(F)C1. The molecule has 0 bridgehead atoms. The van der Waals surface area contributed by atoms with Gasteiger partial charge in [0.15, 0.2) is 5.65 Å². The number of hydrogen-bond donors (Lipinski definition) is 1. The summed E-state index contributed by atoms with van der Waals surface area (Å²) in [4.78, 5) is 13.4. The summed E-state index contributed by atoms with van der Waals surface area (Å²) >= 11 is 0. The Balaban J connectivity index is 1.43. The largest absolute Gasteiger partial charge is 0.377 e. The molecule has 1 saturated carbocycles. The van der Waals surface area contributed by atoms with Crippen LogP contribution < -0.4 is 5.32 Å². The monoisotopic (exact) mass is 441 g/mol. The van der Waals surface area contributed by atoms with Crippen molar-refractivity contribution >= 4 is 22.6 Å². The van der Waals surface area contributed by atoms with E-state index in [1.807, 2.05) is 43.7 Å². The Kier molecular flexibility index (Phi) is 5.04. The molecule has 1 aliphatic rings. The molecule has 0 spiro atoms. The second kappa shape index (κ2) is 7.77. The number of alkyl halides is 2. The van der Waals surface area contributed by atoms with Gasteiger partial charge >= 0.3 is 0 Å². The van der Waals surface area contributed by atoms with E-state index >= 15 is 0 Å². The van der Waals surface area contributed by atoms with Gasteiger partial charge in [0.05, 0.1) is 29.9 Å². The van der Waals surface area contributed by atoms with Gasteiger partial charge in [0, 0.05) is 48.9 Å². The zero-order valence-electron chi connectivity index (χ0n) is 18.2. The smallest absolute Gasteiger partial charge is 0.252 e. The second-order valence-electron chi connectivity index (χ2n) is 8.50. The van der Waals surface area contributed by atoms with Crippen LogP contribution in [0.25, 0.3) is 27.8 Å². The van der Waals surface area contributed by atoms with Gasteiger partial charge in [-0.15, -0.1) is 5.10 Å². The maximum absolute atomic E-state index is 13.5. The molecule has 0 aliphatic heterocycles. The average Bonchev–Trinajstić information content (AvgIpc) is 3.28. The normalized spacial score (nSPS) is 16.2. The van der Waals surface area contributed by atoms with Gasteiger partial charge in [0.2, 0.25) is 5.95 Å². The fraction of sp³-hybridized carbons (Fsp3) is 0.455. The molecule has 32 heavy (non-hydrogen) atoms. The molecule has 8 nitrogen and oxygen atoms in total. The Bertz CT molecular complexity index is 1270. The summed E-state index contributed by atoms with van der Waals surface area (Å²) in [5.41, 5.74) is 3.94. The van der Waals surface area contributed by atoms with Gasteiger partial charge in [-0.25, -0.2) is 28.2 Å². The average molecular weight is 441 g/mol. The Morgan fingerprint density at radius 1 is 1.22 bits per heavy atom. The van der Waals surface area contributed by atoms with Crippen molar-refractivity contribution in [3.8, 4) is 11.1 Å². The molecule has 1 aliphatic carbocycles. The van der Waals surface area contributed by atoms with Crippen LogP contribution in [0.4, 0.5) is 14.7 Å². The molecule has 4 aromatic rings. The summed E-state index contributed by atoms with van der Waals surface area (Å²) in [6.45, 7) is 7.00. The molecule has 4 aromatic heterocycles. The van der Waals surface area contributed by atoms with Crippen LogP contribution in [0.5, 0.6) is 0 Å². The molecule has 10 heteroatoms. The van der Waals surface area contributed by atoms with E-state index in [4.69, 9.17) is 4.74 Å². The molecule has 0 saturated heterocycles. The summed E-state index contributed by atoms with van der Waals surface area (Å²) in [6, 6.07) is 3.65. The number of hydrogen-bond acceptors (Lipinski definition) is 6. The van der Waals surface area contributed by atoms with Crippen molar-refractivity contribution in [3.05, 3.63) is 36.5 Å². The number of aryl methyl sites for hydroxylation is 1. The van der Waals surface area contributed by atoms with Gasteiger partial charge in [-0.2, -0.15) is 0 Å². The van der Waals surface area contributed by atoms with Crippen molar-refractivity contribution in [1.82, 2.24) is 29.1 Å². The molecule has 168 valence electrons. The fourth-order valence-corrected chi connectivity index (χ4v) is 4.19. The first-order valence-corrected chi connectivity index (χ1v) is 10.7. The summed E-state index contributed by atoms with van der Waals surface area (Å²) in [5.74, 6) is -1.38. The third kappa shape index (κ3) is 3.79. The topological polar surface area (TPSA) is 82.2 Å². The highest BCUT2D eigenvalue weighted by molar-refractivity contribution is 5.85. The highest BCUT2D eigenvalue weighted by atomic mass is 19.3. The van der Waals surface area contributed by atoms with E-state index in [-0.39, 0.29) is 25.0 Å². The summed E-state index contributed by atoms with van der Waals surface area (Å²) in [5, 5.41) is 7.66. The lowest BCUT2D eigenvalue weighted by Crippen LogP contribution is -2.37. The van der Waals surface area contributed by atoms with Crippen LogP contribution in [0.3, 0.4) is 0 Å². The summed E-state index contributed by atoms with van der Waals surface area (Å²) in [7, 11) is 0. The van der Waals surface area contributed by atoms with E-state index in [2.05, 4.69) is 25.4 Å². The number of aromatic nitrogens is 6. The third-order valence-corrected chi connectivity index (χ3v) is 5.72. The predicted octanol–water partition coefficient (Wildman–Crippen LogP) is 4.26. The first-order valence-electron chi connectivity index (χ1n) is 10.7. The molecule has 0 radical (unpaired) electrons. The second-order valence-corrected chi connectivity index (χ2v) is 8.50.